The molecule has 180 valence electrons. The molecule has 2 amide bonds. The van der Waals surface area contributed by atoms with E-state index in [9.17, 15) is 9.59 Å². The maximum absolute atomic E-state index is 13.7. The molecule has 2 aliphatic heterocycles. The van der Waals surface area contributed by atoms with Gasteiger partial charge in [0.1, 0.15) is 0 Å². The largest absolute Gasteiger partial charge is 0.355 e. The molecule has 4 rings (SSSR count). The zero-order chi connectivity index (χ0) is 24.6. The number of hydrogen-bond donors (Lipinski definition) is 2. The Morgan fingerprint density at radius 1 is 1.20 bits per heavy atom. The van der Waals surface area contributed by atoms with Crippen molar-refractivity contribution in [3.63, 3.8) is 0 Å². The second kappa shape index (κ2) is 11.9. The number of terminal acetylenes is 1. The SMILES string of the molecule is C#C/C=C(Cl)\C=C/C[C@@H]1[C@@H](C(=O)NCCc2ccccc2)c2ccccc2C(=O)N1[C@H]1CCNC1. The molecule has 0 unspecified atom stereocenters. The summed E-state index contributed by atoms with van der Waals surface area (Å²) in [7, 11) is 0. The number of nitrogens with one attached hydrogen (secondary N) is 2. The van der Waals surface area contributed by atoms with E-state index >= 15 is 0 Å². The molecule has 6 heteroatoms. The van der Waals surface area contributed by atoms with Crippen LogP contribution in [0.4, 0.5) is 0 Å². The van der Waals surface area contributed by atoms with E-state index in [1.165, 1.54) is 11.6 Å². The van der Waals surface area contributed by atoms with Crippen LogP contribution < -0.4 is 10.6 Å². The molecule has 3 atom stereocenters. The van der Waals surface area contributed by atoms with Crippen molar-refractivity contribution in [3.05, 3.63) is 94.5 Å². The summed E-state index contributed by atoms with van der Waals surface area (Å²) >= 11 is 6.16. The van der Waals surface area contributed by atoms with Crippen molar-refractivity contribution < 1.29 is 9.59 Å². The van der Waals surface area contributed by atoms with E-state index in [1.54, 1.807) is 6.08 Å². The van der Waals surface area contributed by atoms with Crippen LogP contribution in [0.5, 0.6) is 0 Å². The van der Waals surface area contributed by atoms with Gasteiger partial charge in [-0.1, -0.05) is 72.1 Å². The van der Waals surface area contributed by atoms with Crippen LogP contribution in [0, 0.1) is 12.3 Å². The monoisotopic (exact) mass is 487 g/mol. The summed E-state index contributed by atoms with van der Waals surface area (Å²) < 4.78 is 0. The zero-order valence-electron chi connectivity index (χ0n) is 19.6. The van der Waals surface area contributed by atoms with Crippen molar-refractivity contribution in [2.75, 3.05) is 19.6 Å². The van der Waals surface area contributed by atoms with Crippen LogP contribution in [0.1, 0.15) is 40.2 Å². The van der Waals surface area contributed by atoms with E-state index in [2.05, 4.69) is 28.7 Å². The quantitative estimate of drug-likeness (QED) is 0.437. The Morgan fingerprint density at radius 3 is 2.71 bits per heavy atom. The molecule has 0 aliphatic carbocycles. The fraction of sp³-hybridized carbons (Fsp3) is 0.310. The van der Waals surface area contributed by atoms with Crippen LogP contribution in [-0.2, 0) is 11.2 Å². The Labute approximate surface area is 212 Å². The number of benzene rings is 2. The molecule has 2 heterocycles. The van der Waals surface area contributed by atoms with Crippen LogP contribution in [0.25, 0.3) is 0 Å². The highest BCUT2D eigenvalue weighted by atomic mass is 35.5. The molecule has 0 saturated carbocycles. The maximum atomic E-state index is 13.7. The normalized spacial score (nSPS) is 22.2. The lowest BCUT2D eigenvalue weighted by Crippen LogP contribution is -2.56. The number of nitrogens with zero attached hydrogens (tertiary/aromatic N) is 1. The third kappa shape index (κ3) is 5.85. The fourth-order valence-electron chi connectivity index (χ4n) is 5.03. The highest BCUT2D eigenvalue weighted by molar-refractivity contribution is 6.31. The molecule has 1 saturated heterocycles. The first-order valence-corrected chi connectivity index (χ1v) is 12.4. The van der Waals surface area contributed by atoms with Gasteiger partial charge in [-0.2, -0.15) is 0 Å². The van der Waals surface area contributed by atoms with E-state index in [0.717, 1.165) is 24.9 Å². The van der Waals surface area contributed by atoms with Gasteiger partial charge in [0, 0.05) is 35.8 Å². The maximum Gasteiger partial charge on any atom is 0.254 e. The zero-order valence-corrected chi connectivity index (χ0v) is 20.4. The van der Waals surface area contributed by atoms with Gasteiger partial charge >= 0.3 is 0 Å². The number of hydrogen-bond acceptors (Lipinski definition) is 3. The summed E-state index contributed by atoms with van der Waals surface area (Å²) in [5.41, 5.74) is 2.55. The first kappa shape index (κ1) is 24.8. The molecular formula is C29H30ClN3O2. The van der Waals surface area contributed by atoms with Gasteiger partial charge in [-0.15, -0.1) is 6.42 Å². The number of allylic oxidation sites excluding steroid dienone is 3. The van der Waals surface area contributed by atoms with Gasteiger partial charge in [0.25, 0.3) is 5.91 Å². The molecule has 1 fully saturated rings. The number of rotatable bonds is 8. The summed E-state index contributed by atoms with van der Waals surface area (Å²) in [5, 5.41) is 6.93. The minimum absolute atomic E-state index is 0.0219. The molecular weight excluding hydrogens is 458 g/mol. The van der Waals surface area contributed by atoms with Crippen LogP contribution >= 0.6 is 11.6 Å². The van der Waals surface area contributed by atoms with E-state index in [0.29, 0.717) is 30.1 Å². The molecule has 0 bridgehead atoms. The molecule has 2 aromatic carbocycles. The number of amides is 2. The Morgan fingerprint density at radius 2 is 1.97 bits per heavy atom. The minimum Gasteiger partial charge on any atom is -0.355 e. The minimum atomic E-state index is -0.486. The van der Waals surface area contributed by atoms with Gasteiger partial charge in [-0.3, -0.25) is 9.59 Å². The van der Waals surface area contributed by atoms with Gasteiger partial charge in [-0.05, 0) is 49.1 Å². The van der Waals surface area contributed by atoms with Crippen molar-refractivity contribution in [1.82, 2.24) is 15.5 Å². The fourth-order valence-corrected chi connectivity index (χ4v) is 5.18. The first-order valence-electron chi connectivity index (χ1n) is 12.0. The lowest BCUT2D eigenvalue weighted by atomic mass is 9.79. The molecule has 2 aromatic rings. The predicted molar refractivity (Wildman–Crippen MR) is 140 cm³/mol. The number of fused-ring (bicyclic) bond motifs is 1. The summed E-state index contributed by atoms with van der Waals surface area (Å²) in [6.07, 6.45) is 12.5. The molecule has 0 aromatic heterocycles. The van der Waals surface area contributed by atoms with E-state index < -0.39 is 5.92 Å². The Balaban J connectivity index is 1.63. The highest BCUT2D eigenvalue weighted by Crippen LogP contribution is 2.37. The molecule has 2 N–H and O–H groups in total. The second-order valence-electron chi connectivity index (χ2n) is 8.85. The van der Waals surface area contributed by atoms with Crippen LogP contribution in [0.15, 0.2) is 77.9 Å². The summed E-state index contributed by atoms with van der Waals surface area (Å²) in [6.45, 7) is 2.09. The van der Waals surface area contributed by atoms with E-state index in [-0.39, 0.29) is 23.9 Å². The van der Waals surface area contributed by atoms with E-state index in [4.69, 9.17) is 18.0 Å². The summed E-state index contributed by atoms with van der Waals surface area (Å²) in [6, 6.07) is 17.3. The number of halogens is 1. The van der Waals surface area contributed by atoms with Crippen molar-refractivity contribution in [3.8, 4) is 12.3 Å². The molecule has 2 aliphatic rings. The van der Waals surface area contributed by atoms with Crippen LogP contribution in [0.3, 0.4) is 0 Å². The van der Waals surface area contributed by atoms with Crippen molar-refractivity contribution in [2.45, 2.75) is 37.3 Å². The van der Waals surface area contributed by atoms with Crippen LogP contribution in [0.2, 0.25) is 0 Å². The van der Waals surface area contributed by atoms with Gasteiger partial charge in [0.2, 0.25) is 5.91 Å². The molecule has 5 nitrogen and oxygen atoms in total. The van der Waals surface area contributed by atoms with Gasteiger partial charge in [-0.25, -0.2) is 0 Å². The first-order chi connectivity index (χ1) is 17.1. The second-order valence-corrected chi connectivity index (χ2v) is 9.29. The standard InChI is InChI=1S/C29H30ClN3O2/c1-2-9-22(30)12-8-15-26-27(28(34)32-19-16-21-10-4-3-5-11-21)24-13-6-7-14-25(24)29(35)33(26)23-17-18-31-20-23/h1,3-14,23,26-27,31H,15-20H2,(H,32,34)/b12-8-,22-9+/t23-,26+,27-/m0/s1. The predicted octanol–water partition coefficient (Wildman–Crippen LogP) is 4.02. The Hall–Kier alpha value is -3.33. The van der Waals surface area contributed by atoms with E-state index in [1.807, 2.05) is 53.4 Å². The average molecular weight is 488 g/mol. The van der Waals surface area contributed by atoms with Crippen LogP contribution in [-0.4, -0.2) is 48.4 Å². The number of carbonyl (C=O) groups excluding carboxylic acids is 2. The van der Waals surface area contributed by atoms with Crippen molar-refractivity contribution in [2.24, 2.45) is 0 Å². The Kier molecular flexibility index (Phi) is 8.41. The van der Waals surface area contributed by atoms with Gasteiger partial charge < -0.3 is 15.5 Å². The molecule has 0 spiro atoms. The number of carbonyl (C=O) groups is 2. The van der Waals surface area contributed by atoms with Gasteiger partial charge in [0.05, 0.1) is 12.0 Å². The lowest BCUT2D eigenvalue weighted by molar-refractivity contribution is -0.124. The average Bonchev–Trinajstić information content (AvgIpc) is 3.39. The lowest BCUT2D eigenvalue weighted by Gasteiger charge is -2.44. The Bertz CT molecular complexity index is 1150. The smallest absolute Gasteiger partial charge is 0.254 e. The van der Waals surface area contributed by atoms with Gasteiger partial charge in [0.15, 0.2) is 0 Å². The van der Waals surface area contributed by atoms with Crippen molar-refractivity contribution >= 4 is 23.4 Å². The third-order valence-corrected chi connectivity index (χ3v) is 6.88. The van der Waals surface area contributed by atoms with Crippen molar-refractivity contribution in [1.29, 1.82) is 0 Å². The highest BCUT2D eigenvalue weighted by Gasteiger charge is 2.45. The topological polar surface area (TPSA) is 61.4 Å². The molecule has 0 radical (unpaired) electrons. The third-order valence-electron chi connectivity index (χ3n) is 6.64. The molecule has 35 heavy (non-hydrogen) atoms. The summed E-state index contributed by atoms with van der Waals surface area (Å²) in [5.74, 6) is 1.83. The summed E-state index contributed by atoms with van der Waals surface area (Å²) in [4.78, 5) is 29.3.